The van der Waals surface area contributed by atoms with Crippen LogP contribution in [0.1, 0.15) is 10.4 Å². The smallest absolute Gasteiger partial charge is 0.337 e. The third-order valence-electron chi connectivity index (χ3n) is 1.84. The van der Waals surface area contributed by atoms with Crippen molar-refractivity contribution in [3.63, 3.8) is 0 Å². The molecule has 2 aromatic rings. The second kappa shape index (κ2) is 4.36. The average Bonchev–Trinajstić information content (AvgIpc) is 2.17. The van der Waals surface area contributed by atoms with Crippen molar-refractivity contribution in [1.82, 2.24) is 4.98 Å². The van der Waals surface area contributed by atoms with Crippen LogP contribution in [0.5, 0.6) is 0 Å². The summed E-state index contributed by atoms with van der Waals surface area (Å²) < 4.78 is 0. The monoisotopic (exact) mass is 301 g/mol. The highest BCUT2D eigenvalue weighted by atomic mass is 127. The van der Waals surface area contributed by atoms with Crippen molar-refractivity contribution < 1.29 is 9.90 Å². The zero-order valence-electron chi connectivity index (χ0n) is 7.18. The Balaban J connectivity index is 0.000000980. The molecule has 0 fully saturated rings. The summed E-state index contributed by atoms with van der Waals surface area (Å²) in [5.41, 5.74) is 1.03. The maximum absolute atomic E-state index is 10.6. The van der Waals surface area contributed by atoms with E-state index in [0.717, 1.165) is 10.9 Å². The van der Waals surface area contributed by atoms with Gasteiger partial charge in [0.15, 0.2) is 0 Å². The lowest BCUT2D eigenvalue weighted by Crippen LogP contribution is -1.96. The summed E-state index contributed by atoms with van der Waals surface area (Å²) in [4.78, 5) is 14.6. The lowest BCUT2D eigenvalue weighted by molar-refractivity contribution is 0.0696. The third kappa shape index (κ3) is 2.01. The lowest BCUT2D eigenvalue weighted by atomic mass is 10.2. The van der Waals surface area contributed by atoms with Gasteiger partial charge in [-0.25, -0.2) is 4.79 Å². The number of aromatic nitrogens is 1. The molecular formula is C10H8INO2. The highest BCUT2D eigenvalue weighted by Crippen LogP contribution is 2.12. The van der Waals surface area contributed by atoms with Gasteiger partial charge in [-0.05, 0) is 12.1 Å². The van der Waals surface area contributed by atoms with E-state index in [4.69, 9.17) is 5.11 Å². The molecule has 4 heteroatoms. The standard InChI is InChI=1S/C10H7NO2.HI/c12-10(13)8-5-7-3-1-2-4-9(7)11-6-8;/h1-6H,(H,12,13);1H. The van der Waals surface area contributed by atoms with E-state index in [9.17, 15) is 4.79 Å². The predicted molar refractivity (Wildman–Crippen MR) is 64.1 cm³/mol. The minimum Gasteiger partial charge on any atom is -0.478 e. The van der Waals surface area contributed by atoms with Gasteiger partial charge in [-0.2, -0.15) is 0 Å². The first kappa shape index (κ1) is 10.9. The first-order valence-electron chi connectivity index (χ1n) is 3.85. The van der Waals surface area contributed by atoms with Crippen LogP contribution in [-0.2, 0) is 0 Å². The van der Waals surface area contributed by atoms with E-state index < -0.39 is 5.97 Å². The maximum Gasteiger partial charge on any atom is 0.337 e. The number of fused-ring (bicyclic) bond motifs is 1. The van der Waals surface area contributed by atoms with Crippen molar-refractivity contribution in [3.8, 4) is 0 Å². The summed E-state index contributed by atoms with van der Waals surface area (Å²) >= 11 is 0. The Hall–Kier alpha value is -1.17. The van der Waals surface area contributed by atoms with Crippen LogP contribution in [0, 0.1) is 0 Å². The molecule has 1 aromatic carbocycles. The number of carboxylic acid groups (broad SMARTS) is 1. The Kier molecular flexibility index (Phi) is 3.40. The quantitative estimate of drug-likeness (QED) is 0.824. The van der Waals surface area contributed by atoms with Gasteiger partial charge in [0.2, 0.25) is 0 Å². The number of carbonyl (C=O) groups is 1. The van der Waals surface area contributed by atoms with E-state index in [0.29, 0.717) is 0 Å². The predicted octanol–water partition coefficient (Wildman–Crippen LogP) is 2.55. The van der Waals surface area contributed by atoms with Gasteiger partial charge >= 0.3 is 5.97 Å². The highest BCUT2D eigenvalue weighted by molar-refractivity contribution is 14.0. The van der Waals surface area contributed by atoms with E-state index in [-0.39, 0.29) is 29.5 Å². The molecule has 0 amide bonds. The van der Waals surface area contributed by atoms with E-state index in [2.05, 4.69) is 4.98 Å². The van der Waals surface area contributed by atoms with Crippen LogP contribution < -0.4 is 0 Å². The molecule has 1 aromatic heterocycles. The summed E-state index contributed by atoms with van der Waals surface area (Å²) in [6.45, 7) is 0. The van der Waals surface area contributed by atoms with E-state index in [1.165, 1.54) is 6.20 Å². The molecule has 0 aliphatic carbocycles. The van der Waals surface area contributed by atoms with Crippen LogP contribution in [0.3, 0.4) is 0 Å². The molecule has 0 saturated carbocycles. The molecule has 3 nitrogen and oxygen atoms in total. The number of rotatable bonds is 1. The Bertz CT molecular complexity index is 470. The minimum absolute atomic E-state index is 0. The fourth-order valence-corrected chi connectivity index (χ4v) is 1.19. The summed E-state index contributed by atoms with van der Waals surface area (Å²) in [6.07, 6.45) is 1.37. The van der Waals surface area contributed by atoms with Crippen molar-refractivity contribution in [3.05, 3.63) is 42.1 Å². The molecule has 0 spiro atoms. The SMILES string of the molecule is I.O=C(O)c1cnc2ccccc2c1. The first-order chi connectivity index (χ1) is 6.27. The van der Waals surface area contributed by atoms with Gasteiger partial charge in [0.05, 0.1) is 11.1 Å². The van der Waals surface area contributed by atoms with Crippen LogP contribution in [-0.4, -0.2) is 16.1 Å². The Labute approximate surface area is 97.8 Å². The maximum atomic E-state index is 10.6. The van der Waals surface area contributed by atoms with Crippen molar-refractivity contribution in [2.45, 2.75) is 0 Å². The fourth-order valence-electron chi connectivity index (χ4n) is 1.19. The number of halogens is 1. The molecule has 0 radical (unpaired) electrons. The molecule has 0 unspecified atom stereocenters. The molecule has 14 heavy (non-hydrogen) atoms. The number of pyridine rings is 1. The Morgan fingerprint density at radius 3 is 2.71 bits per heavy atom. The molecular weight excluding hydrogens is 293 g/mol. The molecule has 1 heterocycles. The average molecular weight is 301 g/mol. The molecule has 0 bridgehead atoms. The van der Waals surface area contributed by atoms with Gasteiger partial charge in [-0.15, -0.1) is 24.0 Å². The van der Waals surface area contributed by atoms with E-state index in [1.807, 2.05) is 24.3 Å². The zero-order chi connectivity index (χ0) is 9.26. The molecule has 0 aliphatic rings. The Morgan fingerprint density at radius 1 is 1.29 bits per heavy atom. The Morgan fingerprint density at radius 2 is 2.00 bits per heavy atom. The number of aromatic carboxylic acids is 1. The van der Waals surface area contributed by atoms with Gasteiger partial charge in [-0.1, -0.05) is 18.2 Å². The van der Waals surface area contributed by atoms with Gasteiger partial charge in [0.25, 0.3) is 0 Å². The summed E-state index contributed by atoms with van der Waals surface area (Å²) in [7, 11) is 0. The lowest BCUT2D eigenvalue weighted by Gasteiger charge is -1.97. The molecule has 72 valence electrons. The van der Waals surface area contributed by atoms with Gasteiger partial charge < -0.3 is 5.11 Å². The number of carboxylic acids is 1. The van der Waals surface area contributed by atoms with Crippen LogP contribution in [0.2, 0.25) is 0 Å². The van der Waals surface area contributed by atoms with E-state index in [1.54, 1.807) is 6.07 Å². The molecule has 0 atom stereocenters. The van der Waals surface area contributed by atoms with Crippen LogP contribution >= 0.6 is 24.0 Å². The minimum atomic E-state index is -0.946. The number of nitrogens with zero attached hydrogens (tertiary/aromatic N) is 1. The second-order valence-corrected chi connectivity index (χ2v) is 2.72. The van der Waals surface area contributed by atoms with Crippen molar-refractivity contribution in [1.29, 1.82) is 0 Å². The van der Waals surface area contributed by atoms with Gasteiger partial charge in [0, 0.05) is 11.6 Å². The van der Waals surface area contributed by atoms with Crippen LogP contribution in [0.25, 0.3) is 10.9 Å². The number of benzene rings is 1. The van der Waals surface area contributed by atoms with E-state index >= 15 is 0 Å². The largest absolute Gasteiger partial charge is 0.478 e. The normalized spacial score (nSPS) is 9.43. The molecule has 0 saturated heterocycles. The number of hydrogen-bond donors (Lipinski definition) is 1. The van der Waals surface area contributed by atoms with Crippen LogP contribution in [0.15, 0.2) is 36.5 Å². The van der Waals surface area contributed by atoms with Crippen LogP contribution in [0.4, 0.5) is 0 Å². The number of para-hydroxylation sites is 1. The zero-order valence-corrected chi connectivity index (χ0v) is 9.51. The van der Waals surface area contributed by atoms with Crippen molar-refractivity contribution in [2.24, 2.45) is 0 Å². The second-order valence-electron chi connectivity index (χ2n) is 2.72. The summed E-state index contributed by atoms with van der Waals surface area (Å²) in [5.74, 6) is -0.946. The highest BCUT2D eigenvalue weighted by Gasteiger charge is 2.03. The molecule has 2 rings (SSSR count). The van der Waals surface area contributed by atoms with Gasteiger partial charge in [0.1, 0.15) is 0 Å². The molecule has 0 aliphatic heterocycles. The van der Waals surface area contributed by atoms with Crippen molar-refractivity contribution >= 4 is 40.8 Å². The fraction of sp³-hybridized carbons (Fsp3) is 0. The summed E-state index contributed by atoms with van der Waals surface area (Å²) in [5, 5.41) is 9.55. The number of hydrogen-bond acceptors (Lipinski definition) is 2. The first-order valence-corrected chi connectivity index (χ1v) is 3.85. The summed E-state index contributed by atoms with van der Waals surface area (Å²) in [6, 6.07) is 9.03. The topological polar surface area (TPSA) is 50.2 Å². The van der Waals surface area contributed by atoms with Crippen molar-refractivity contribution in [2.75, 3.05) is 0 Å². The van der Waals surface area contributed by atoms with Gasteiger partial charge in [-0.3, -0.25) is 4.98 Å². The third-order valence-corrected chi connectivity index (χ3v) is 1.84. The molecule has 1 N–H and O–H groups in total.